The fraction of sp³-hybridized carbons (Fsp3) is 0.348. The van der Waals surface area contributed by atoms with Crippen LogP contribution in [-0.4, -0.2) is 52.3 Å². The van der Waals surface area contributed by atoms with Crippen molar-refractivity contribution in [2.45, 2.75) is 25.4 Å². The summed E-state index contributed by atoms with van der Waals surface area (Å²) in [6.45, 7) is 7.39. The molecule has 0 bridgehead atoms. The van der Waals surface area contributed by atoms with Gasteiger partial charge in [-0.2, -0.15) is 0 Å². The molecule has 0 unspecified atom stereocenters. The van der Waals surface area contributed by atoms with E-state index in [9.17, 15) is 9.59 Å². The lowest BCUT2D eigenvalue weighted by atomic mass is 10.1. The van der Waals surface area contributed by atoms with Gasteiger partial charge in [0.25, 0.3) is 5.56 Å². The molecule has 3 aromatic rings. The van der Waals surface area contributed by atoms with Crippen LogP contribution in [0.25, 0.3) is 11.0 Å². The monoisotopic (exact) mass is 456 g/mol. The van der Waals surface area contributed by atoms with E-state index >= 15 is 0 Å². The Morgan fingerprint density at radius 2 is 1.87 bits per heavy atom. The lowest BCUT2D eigenvalue weighted by Crippen LogP contribution is -2.49. The van der Waals surface area contributed by atoms with Crippen LogP contribution in [0.3, 0.4) is 0 Å². The molecular weight excluding hydrogens is 432 g/mol. The largest absolute Gasteiger partial charge is 0.368 e. The molecule has 0 radical (unpaired) electrons. The van der Waals surface area contributed by atoms with Crippen molar-refractivity contribution in [1.29, 1.82) is 0 Å². The van der Waals surface area contributed by atoms with E-state index in [0.29, 0.717) is 24.7 Å². The molecule has 1 aromatic heterocycles. The maximum atomic E-state index is 12.8. The number of hydrogen-bond donors (Lipinski definition) is 0. The molecule has 6 nitrogen and oxygen atoms in total. The Morgan fingerprint density at radius 1 is 1.13 bits per heavy atom. The van der Waals surface area contributed by atoms with Gasteiger partial charge in [0.15, 0.2) is 5.03 Å². The van der Waals surface area contributed by atoms with Crippen molar-refractivity contribution in [1.82, 2.24) is 14.5 Å². The first-order valence-corrected chi connectivity index (χ1v) is 11.8. The second kappa shape index (κ2) is 9.32. The SMILES string of the molecule is CCn1c(=O)c(SCC(=O)N2CCN(c3cc(Cl)ccc3C)CC2)nc2ccccc21. The van der Waals surface area contributed by atoms with Crippen molar-refractivity contribution in [3.8, 4) is 0 Å². The van der Waals surface area contributed by atoms with Crippen LogP contribution in [0.4, 0.5) is 5.69 Å². The number of piperazine rings is 1. The lowest BCUT2D eigenvalue weighted by Gasteiger charge is -2.36. The molecule has 31 heavy (non-hydrogen) atoms. The van der Waals surface area contributed by atoms with Gasteiger partial charge in [-0.15, -0.1) is 0 Å². The predicted molar refractivity (Wildman–Crippen MR) is 127 cm³/mol. The molecule has 1 aliphatic heterocycles. The number of benzene rings is 2. The van der Waals surface area contributed by atoms with Crippen molar-refractivity contribution in [2.24, 2.45) is 0 Å². The number of nitrogens with zero attached hydrogens (tertiary/aromatic N) is 4. The van der Waals surface area contributed by atoms with Crippen LogP contribution in [0.1, 0.15) is 12.5 Å². The number of carbonyl (C=O) groups excluding carboxylic acids is 1. The summed E-state index contributed by atoms with van der Waals surface area (Å²) in [5.74, 6) is 0.241. The number of rotatable bonds is 5. The molecule has 0 aliphatic carbocycles. The zero-order valence-electron chi connectivity index (χ0n) is 17.7. The Bertz CT molecular complexity index is 1170. The molecule has 1 fully saturated rings. The van der Waals surface area contributed by atoms with E-state index < -0.39 is 0 Å². The molecule has 0 saturated carbocycles. The molecular formula is C23H25ClN4O2S. The minimum absolute atomic E-state index is 0.0323. The molecule has 0 atom stereocenters. The second-order valence-electron chi connectivity index (χ2n) is 7.54. The quantitative estimate of drug-likeness (QED) is 0.546. The predicted octanol–water partition coefficient (Wildman–Crippen LogP) is 3.82. The molecule has 8 heteroatoms. The van der Waals surface area contributed by atoms with Gasteiger partial charge in [-0.05, 0) is 43.7 Å². The molecule has 0 N–H and O–H groups in total. The number of hydrogen-bond acceptors (Lipinski definition) is 5. The first-order chi connectivity index (χ1) is 15.0. The third-order valence-corrected chi connectivity index (χ3v) is 6.78. The first kappa shape index (κ1) is 21.7. The Kier molecular flexibility index (Phi) is 6.53. The van der Waals surface area contributed by atoms with Crippen LogP contribution in [0.5, 0.6) is 0 Å². The molecule has 162 valence electrons. The fourth-order valence-electron chi connectivity index (χ4n) is 3.92. The zero-order valence-corrected chi connectivity index (χ0v) is 19.2. The van der Waals surface area contributed by atoms with Crippen molar-refractivity contribution in [3.05, 3.63) is 63.4 Å². The van der Waals surface area contributed by atoms with Gasteiger partial charge in [0.2, 0.25) is 5.91 Å². The number of anilines is 1. The lowest BCUT2D eigenvalue weighted by molar-refractivity contribution is -0.128. The van der Waals surface area contributed by atoms with E-state index in [1.165, 1.54) is 17.3 Å². The Labute approximate surface area is 190 Å². The van der Waals surface area contributed by atoms with E-state index in [1.807, 2.05) is 54.3 Å². The van der Waals surface area contributed by atoms with E-state index in [0.717, 1.165) is 34.8 Å². The summed E-state index contributed by atoms with van der Waals surface area (Å²) in [5, 5.41) is 1.10. The van der Waals surface area contributed by atoms with E-state index in [4.69, 9.17) is 11.6 Å². The van der Waals surface area contributed by atoms with E-state index in [2.05, 4.69) is 16.8 Å². The molecule has 1 saturated heterocycles. The first-order valence-electron chi connectivity index (χ1n) is 10.4. The van der Waals surface area contributed by atoms with Crippen LogP contribution >= 0.6 is 23.4 Å². The molecule has 2 heterocycles. The molecule has 1 aliphatic rings. The van der Waals surface area contributed by atoms with Gasteiger partial charge in [-0.3, -0.25) is 9.59 Å². The number of aryl methyl sites for hydroxylation is 2. The van der Waals surface area contributed by atoms with Crippen LogP contribution in [0, 0.1) is 6.92 Å². The van der Waals surface area contributed by atoms with Gasteiger partial charge in [0, 0.05) is 43.4 Å². The Hall–Kier alpha value is -2.51. The summed E-state index contributed by atoms with van der Waals surface area (Å²) >= 11 is 7.39. The smallest absolute Gasteiger partial charge is 0.283 e. The number of carbonyl (C=O) groups is 1. The van der Waals surface area contributed by atoms with Gasteiger partial charge in [0.1, 0.15) is 0 Å². The summed E-state index contributed by atoms with van der Waals surface area (Å²) in [7, 11) is 0. The van der Waals surface area contributed by atoms with Gasteiger partial charge in [-0.25, -0.2) is 4.98 Å². The topological polar surface area (TPSA) is 58.4 Å². The number of fused-ring (bicyclic) bond motifs is 1. The molecule has 2 aromatic carbocycles. The average molecular weight is 457 g/mol. The van der Waals surface area contributed by atoms with Gasteiger partial charge in [0.05, 0.1) is 16.8 Å². The van der Waals surface area contributed by atoms with Crippen LogP contribution in [-0.2, 0) is 11.3 Å². The highest BCUT2D eigenvalue weighted by Gasteiger charge is 2.23. The number of aromatic nitrogens is 2. The van der Waals surface area contributed by atoms with Crippen molar-refractivity contribution in [3.63, 3.8) is 0 Å². The van der Waals surface area contributed by atoms with Gasteiger partial charge < -0.3 is 14.4 Å². The Morgan fingerprint density at radius 3 is 2.61 bits per heavy atom. The molecule has 1 amide bonds. The second-order valence-corrected chi connectivity index (χ2v) is 8.94. The highest BCUT2D eigenvalue weighted by molar-refractivity contribution is 7.99. The normalized spacial score (nSPS) is 14.3. The fourth-order valence-corrected chi connectivity index (χ4v) is 4.92. The summed E-state index contributed by atoms with van der Waals surface area (Å²) in [6, 6.07) is 13.5. The highest BCUT2D eigenvalue weighted by atomic mass is 35.5. The maximum absolute atomic E-state index is 12.8. The summed E-state index contributed by atoms with van der Waals surface area (Å²) in [4.78, 5) is 34.2. The van der Waals surface area contributed by atoms with Crippen LogP contribution in [0.2, 0.25) is 5.02 Å². The zero-order chi connectivity index (χ0) is 22.0. The summed E-state index contributed by atoms with van der Waals surface area (Å²) in [5.41, 5.74) is 3.74. The molecule has 0 spiro atoms. The van der Waals surface area contributed by atoms with Crippen molar-refractivity contribution < 1.29 is 4.79 Å². The Balaban J connectivity index is 1.41. The average Bonchev–Trinajstić information content (AvgIpc) is 2.79. The van der Waals surface area contributed by atoms with Crippen LogP contribution in [0.15, 0.2) is 52.3 Å². The number of thioether (sulfide) groups is 1. The van der Waals surface area contributed by atoms with Crippen LogP contribution < -0.4 is 10.5 Å². The number of para-hydroxylation sites is 2. The third kappa shape index (κ3) is 4.57. The maximum Gasteiger partial charge on any atom is 0.283 e. The van der Waals surface area contributed by atoms with E-state index in [1.54, 1.807) is 4.57 Å². The van der Waals surface area contributed by atoms with E-state index in [-0.39, 0.29) is 17.2 Å². The third-order valence-electron chi connectivity index (χ3n) is 5.62. The number of amides is 1. The van der Waals surface area contributed by atoms with Crippen molar-refractivity contribution in [2.75, 3.05) is 36.8 Å². The summed E-state index contributed by atoms with van der Waals surface area (Å²) < 4.78 is 1.71. The number of halogens is 1. The standard InChI is InChI=1S/C23H25ClN4O2S/c1-3-28-19-7-5-4-6-18(19)25-22(23(28)30)31-15-21(29)27-12-10-26(11-13-27)20-14-17(24)9-8-16(20)2/h4-9,14H,3,10-13,15H2,1-2H3. The molecule has 4 rings (SSSR count). The summed E-state index contributed by atoms with van der Waals surface area (Å²) in [6.07, 6.45) is 0. The minimum Gasteiger partial charge on any atom is -0.368 e. The minimum atomic E-state index is -0.139. The van der Waals surface area contributed by atoms with Gasteiger partial charge >= 0.3 is 0 Å². The highest BCUT2D eigenvalue weighted by Crippen LogP contribution is 2.25. The van der Waals surface area contributed by atoms with Gasteiger partial charge in [-0.1, -0.05) is 41.6 Å². The van der Waals surface area contributed by atoms with Crippen molar-refractivity contribution >= 4 is 46.0 Å².